The second-order valence-electron chi connectivity index (χ2n) is 8.44. The highest BCUT2D eigenvalue weighted by molar-refractivity contribution is 9.11. The van der Waals surface area contributed by atoms with Crippen LogP contribution in [-0.2, 0) is 14.3 Å². The lowest BCUT2D eigenvalue weighted by atomic mass is 10.0. The van der Waals surface area contributed by atoms with Gasteiger partial charge in [0.25, 0.3) is 0 Å². The molecule has 0 aromatic heterocycles. The van der Waals surface area contributed by atoms with E-state index >= 15 is 0 Å². The number of fused-ring (bicyclic) bond motifs is 1. The molecule has 39 heavy (non-hydrogen) atoms. The Kier molecular flexibility index (Phi) is 10.1. The molecule has 4 rings (SSSR count). The molecule has 202 valence electrons. The number of phenolic OH excluding ortho intramolecular Hbond substituents is 1. The van der Waals surface area contributed by atoms with Crippen molar-refractivity contribution >= 4 is 73.0 Å². The molecule has 7 nitrogen and oxygen atoms in total. The van der Waals surface area contributed by atoms with Crippen LogP contribution in [-0.4, -0.2) is 35.6 Å². The van der Waals surface area contributed by atoms with E-state index in [0.717, 1.165) is 10.8 Å². The van der Waals surface area contributed by atoms with Gasteiger partial charge in [0, 0.05) is 21.8 Å². The fraction of sp³-hybridized carbons (Fsp3) is 0.172. The molecule has 0 heterocycles. The number of hydrogen-bond donors (Lipinski definition) is 3. The lowest BCUT2D eigenvalue weighted by Gasteiger charge is -2.29. The molecule has 10 heteroatoms. The van der Waals surface area contributed by atoms with Crippen LogP contribution in [0.1, 0.15) is 18.1 Å². The number of carbonyl (C=O) groups excluding carboxylic acids is 2. The molecule has 0 saturated carbocycles. The van der Waals surface area contributed by atoms with Gasteiger partial charge in [0.2, 0.25) is 0 Å². The molecule has 0 aliphatic rings. The third-order valence-electron chi connectivity index (χ3n) is 5.79. The molecule has 0 aliphatic heterocycles. The summed E-state index contributed by atoms with van der Waals surface area (Å²) in [7, 11) is 0. The first-order valence-electron chi connectivity index (χ1n) is 12.0. The maximum Gasteiger partial charge on any atom is 0.412 e. The zero-order valence-corrected chi connectivity index (χ0v) is 24.6. The average molecular weight is 675 g/mol. The van der Waals surface area contributed by atoms with Crippen molar-refractivity contribution in [1.29, 1.82) is 0 Å². The van der Waals surface area contributed by atoms with Gasteiger partial charge in [-0.3, -0.25) is 10.1 Å². The molecule has 0 bridgehead atoms. The van der Waals surface area contributed by atoms with Gasteiger partial charge < -0.3 is 19.3 Å². The number of benzene rings is 4. The van der Waals surface area contributed by atoms with E-state index in [9.17, 15) is 14.7 Å². The Hall–Kier alpha value is -3.21. The minimum absolute atomic E-state index is 0.0162. The number of hydrogen-bond acceptors (Lipinski definition) is 7. The normalized spacial score (nSPS) is 12.4. The number of para-hydroxylation sites is 1. The van der Waals surface area contributed by atoms with Gasteiger partial charge in [0.15, 0.2) is 6.10 Å². The van der Waals surface area contributed by atoms with Crippen molar-refractivity contribution in [2.24, 2.45) is 0 Å². The second kappa shape index (κ2) is 13.7. The van der Waals surface area contributed by atoms with Crippen LogP contribution in [0.2, 0.25) is 0 Å². The number of thiol groups is 1. The number of nitrogens with one attached hydrogen (secondary N) is 1. The third kappa shape index (κ3) is 7.68. The molecular formula is C29H25Br2NO6S. The lowest BCUT2D eigenvalue weighted by Crippen LogP contribution is -2.32. The summed E-state index contributed by atoms with van der Waals surface area (Å²) in [5.74, 6) is -0.164. The number of phenols is 1. The second-order valence-corrected chi connectivity index (χ2v) is 10.5. The number of amides is 1. The Bertz CT molecular complexity index is 1450. The number of halogens is 2. The number of carbonyl (C=O) groups is 2. The van der Waals surface area contributed by atoms with Crippen LogP contribution in [0.5, 0.6) is 11.5 Å². The van der Waals surface area contributed by atoms with Gasteiger partial charge in [-0.15, -0.1) is 0 Å². The van der Waals surface area contributed by atoms with E-state index < -0.39 is 24.3 Å². The topological polar surface area (TPSA) is 94.1 Å². The average Bonchev–Trinajstić information content (AvgIpc) is 2.94. The number of anilines is 1. The maximum atomic E-state index is 13.3. The molecular weight excluding hydrogens is 650 g/mol. The molecule has 4 aromatic carbocycles. The number of ether oxygens (including phenoxy) is 3. The third-order valence-corrected chi connectivity index (χ3v) is 7.11. The Morgan fingerprint density at radius 1 is 0.949 bits per heavy atom. The Labute approximate surface area is 248 Å². The molecule has 0 radical (unpaired) electrons. The van der Waals surface area contributed by atoms with Crippen LogP contribution in [0.25, 0.3) is 10.8 Å². The summed E-state index contributed by atoms with van der Waals surface area (Å²) in [6.45, 7) is -0.0162. The van der Waals surface area contributed by atoms with Crippen molar-refractivity contribution in [2.75, 3.05) is 17.7 Å². The Morgan fingerprint density at radius 2 is 1.67 bits per heavy atom. The molecule has 4 aromatic rings. The number of rotatable bonds is 10. The van der Waals surface area contributed by atoms with Crippen LogP contribution in [0.15, 0.2) is 93.9 Å². The standard InChI is InChI=1S/C29H25Br2NO6S/c30-19-15-22(27(34)23(31)16-19)28(25(13-14-36-26(33)17-39)37-20-9-2-1-3-10-20)38-29(35)32-24-12-6-8-18-7-4-5-11-21(18)24/h1-12,15-16,25,28,34,39H,13-14,17H2,(H,32,35)/t25-,28-/m0/s1. The van der Waals surface area contributed by atoms with Gasteiger partial charge in [-0.25, -0.2) is 4.79 Å². The summed E-state index contributed by atoms with van der Waals surface area (Å²) < 4.78 is 18.5. The summed E-state index contributed by atoms with van der Waals surface area (Å²) in [4.78, 5) is 25.1. The molecule has 0 spiro atoms. The minimum atomic E-state index is -1.09. The summed E-state index contributed by atoms with van der Waals surface area (Å²) in [5.41, 5.74) is 0.866. The van der Waals surface area contributed by atoms with Crippen LogP contribution in [0.3, 0.4) is 0 Å². The largest absolute Gasteiger partial charge is 0.506 e. The monoisotopic (exact) mass is 673 g/mol. The van der Waals surface area contributed by atoms with Gasteiger partial charge in [-0.1, -0.05) is 70.5 Å². The fourth-order valence-corrected chi connectivity index (χ4v) is 5.36. The first-order valence-corrected chi connectivity index (χ1v) is 14.2. The molecule has 0 saturated heterocycles. The lowest BCUT2D eigenvalue weighted by molar-refractivity contribution is -0.141. The van der Waals surface area contributed by atoms with E-state index in [0.29, 0.717) is 25.9 Å². The van der Waals surface area contributed by atoms with Crippen molar-refractivity contribution in [2.45, 2.75) is 18.6 Å². The van der Waals surface area contributed by atoms with E-state index in [4.69, 9.17) is 14.2 Å². The highest BCUT2D eigenvalue weighted by atomic mass is 79.9. The van der Waals surface area contributed by atoms with Crippen LogP contribution < -0.4 is 10.1 Å². The maximum absolute atomic E-state index is 13.3. The SMILES string of the molecule is O=C(CS)OCC[C@H](Oc1ccccc1)[C@@H](OC(=O)Nc1cccc2ccccc12)c1cc(Br)cc(Br)c1O. The predicted octanol–water partition coefficient (Wildman–Crippen LogP) is 7.67. The van der Waals surface area contributed by atoms with Gasteiger partial charge in [0.05, 0.1) is 22.5 Å². The highest BCUT2D eigenvalue weighted by Gasteiger charge is 2.33. The Morgan fingerprint density at radius 3 is 2.44 bits per heavy atom. The zero-order chi connectivity index (χ0) is 27.8. The molecule has 0 aliphatic carbocycles. The molecule has 2 N–H and O–H groups in total. The van der Waals surface area contributed by atoms with Crippen LogP contribution in [0.4, 0.5) is 10.5 Å². The van der Waals surface area contributed by atoms with E-state index in [1.165, 1.54) is 0 Å². The highest BCUT2D eigenvalue weighted by Crippen LogP contribution is 2.40. The van der Waals surface area contributed by atoms with Crippen LogP contribution >= 0.6 is 44.5 Å². The van der Waals surface area contributed by atoms with Crippen molar-refractivity contribution in [3.05, 3.63) is 99.4 Å². The molecule has 0 unspecified atom stereocenters. The van der Waals surface area contributed by atoms with Gasteiger partial charge in [0.1, 0.15) is 17.6 Å². The van der Waals surface area contributed by atoms with Crippen molar-refractivity contribution in [1.82, 2.24) is 0 Å². The van der Waals surface area contributed by atoms with Crippen LogP contribution in [0, 0.1) is 0 Å². The fourth-order valence-electron chi connectivity index (χ4n) is 4.01. The van der Waals surface area contributed by atoms with E-state index in [1.807, 2.05) is 54.6 Å². The summed E-state index contributed by atoms with van der Waals surface area (Å²) in [6.07, 6.45) is -2.53. The van der Waals surface area contributed by atoms with E-state index in [-0.39, 0.29) is 24.5 Å². The Balaban J connectivity index is 1.69. The van der Waals surface area contributed by atoms with Crippen molar-refractivity contribution in [3.63, 3.8) is 0 Å². The first-order chi connectivity index (χ1) is 18.9. The molecule has 0 fully saturated rings. The minimum Gasteiger partial charge on any atom is -0.506 e. The molecule has 1 amide bonds. The summed E-state index contributed by atoms with van der Waals surface area (Å²) in [5, 5.41) is 15.6. The first kappa shape index (κ1) is 28.8. The van der Waals surface area contributed by atoms with E-state index in [2.05, 4.69) is 49.8 Å². The predicted molar refractivity (Wildman–Crippen MR) is 161 cm³/mol. The van der Waals surface area contributed by atoms with Gasteiger partial charge in [-0.2, -0.15) is 12.6 Å². The number of esters is 1. The molecule has 2 atom stereocenters. The summed E-state index contributed by atoms with van der Waals surface area (Å²) >= 11 is 10.7. The quantitative estimate of drug-likeness (QED) is 0.118. The zero-order valence-electron chi connectivity index (χ0n) is 20.6. The van der Waals surface area contributed by atoms with E-state index in [1.54, 1.807) is 30.3 Å². The van der Waals surface area contributed by atoms with Crippen molar-refractivity contribution in [3.8, 4) is 11.5 Å². The number of aromatic hydroxyl groups is 1. The van der Waals surface area contributed by atoms with Crippen molar-refractivity contribution < 1.29 is 28.9 Å². The smallest absolute Gasteiger partial charge is 0.412 e. The van der Waals surface area contributed by atoms with Gasteiger partial charge >= 0.3 is 12.1 Å². The van der Waals surface area contributed by atoms with Gasteiger partial charge in [-0.05, 0) is 51.6 Å². The summed E-state index contributed by atoms with van der Waals surface area (Å²) in [6, 6.07) is 25.5.